The summed E-state index contributed by atoms with van der Waals surface area (Å²) in [5.41, 5.74) is 1.85. The quantitative estimate of drug-likeness (QED) is 0.223. The zero-order chi connectivity index (χ0) is 30.5. The van der Waals surface area contributed by atoms with Crippen LogP contribution in [0.25, 0.3) is 10.8 Å². The molecule has 7 rings (SSSR count). The van der Waals surface area contributed by atoms with Gasteiger partial charge in [0, 0.05) is 26.9 Å². The molecule has 0 bridgehead atoms. The van der Waals surface area contributed by atoms with E-state index in [1.165, 1.54) is 21.2 Å². The van der Waals surface area contributed by atoms with Crippen LogP contribution < -0.4 is 19.8 Å². The van der Waals surface area contributed by atoms with E-state index in [2.05, 4.69) is 5.32 Å². The molecule has 1 aromatic heterocycles. The van der Waals surface area contributed by atoms with Gasteiger partial charge >= 0.3 is 4.87 Å². The van der Waals surface area contributed by atoms with Crippen LogP contribution in [0.4, 0.5) is 11.4 Å². The summed E-state index contributed by atoms with van der Waals surface area (Å²) >= 11 is 8.37. The Labute approximate surface area is 265 Å². The summed E-state index contributed by atoms with van der Waals surface area (Å²) in [7, 11) is 1.54. The first-order valence-corrected chi connectivity index (χ1v) is 15.9. The highest BCUT2D eigenvalue weighted by atomic mass is 35.5. The van der Waals surface area contributed by atoms with Crippen LogP contribution in [0.15, 0.2) is 101 Å². The second-order valence-corrected chi connectivity index (χ2v) is 13.1. The molecule has 8 nitrogen and oxygen atoms in total. The predicted octanol–water partition coefficient (Wildman–Crippen LogP) is 6.16. The van der Waals surface area contributed by atoms with E-state index < -0.39 is 17.1 Å². The van der Waals surface area contributed by atoms with Crippen LogP contribution in [0.5, 0.6) is 5.75 Å². The van der Waals surface area contributed by atoms with Crippen LogP contribution in [0.2, 0.25) is 5.02 Å². The second kappa shape index (κ2) is 11.3. The Morgan fingerprint density at radius 1 is 0.909 bits per heavy atom. The summed E-state index contributed by atoms with van der Waals surface area (Å²) in [6, 6.07) is 27.2. The monoisotopic (exact) mass is 641 g/mol. The van der Waals surface area contributed by atoms with Crippen molar-refractivity contribution in [2.45, 2.75) is 22.7 Å². The Morgan fingerprint density at radius 3 is 2.39 bits per heavy atom. The van der Waals surface area contributed by atoms with Gasteiger partial charge in [-0.25, -0.2) is 4.90 Å². The highest BCUT2D eigenvalue weighted by Gasteiger charge is 2.56. The summed E-state index contributed by atoms with van der Waals surface area (Å²) in [5.74, 6) is -1.81. The second-order valence-electron chi connectivity index (χ2n) is 10.5. The number of nitrogens with zero attached hydrogens (tertiary/aromatic N) is 2. The minimum atomic E-state index is -0.792. The molecule has 0 aliphatic carbocycles. The number of hydrogen-bond acceptors (Lipinski definition) is 7. The fraction of sp³-hybridized carbons (Fsp3) is 0.152. The van der Waals surface area contributed by atoms with Gasteiger partial charge in [-0.2, -0.15) is 0 Å². The number of carbonyl (C=O) groups is 3. The van der Waals surface area contributed by atoms with Gasteiger partial charge in [0.25, 0.3) is 0 Å². The molecule has 44 heavy (non-hydrogen) atoms. The Kier molecular flexibility index (Phi) is 7.28. The summed E-state index contributed by atoms with van der Waals surface area (Å²) in [5, 5.41) is 5.07. The Morgan fingerprint density at radius 2 is 1.64 bits per heavy atom. The van der Waals surface area contributed by atoms with Gasteiger partial charge in [0.15, 0.2) is 0 Å². The number of hydrogen-bond donors (Lipinski definition) is 1. The van der Waals surface area contributed by atoms with E-state index in [0.717, 1.165) is 27.7 Å². The minimum Gasteiger partial charge on any atom is -0.497 e. The zero-order valence-electron chi connectivity index (χ0n) is 23.2. The third kappa shape index (κ3) is 4.79. The molecule has 1 saturated heterocycles. The van der Waals surface area contributed by atoms with E-state index in [9.17, 15) is 19.2 Å². The van der Waals surface area contributed by atoms with E-state index in [-0.39, 0.29) is 29.1 Å². The van der Waals surface area contributed by atoms with Gasteiger partial charge in [0.2, 0.25) is 17.7 Å². The van der Waals surface area contributed by atoms with Crippen molar-refractivity contribution in [2.24, 2.45) is 5.92 Å². The molecule has 2 aliphatic heterocycles. The third-order valence-corrected chi connectivity index (χ3v) is 10.8. The standard InChI is InChI=1S/C33H24ClN3O5S2/c1-42-22-15-13-21(14-16-22)37-30(39)27-26(19-9-11-20(34)12-10-19)29-32(43-28(27)31(37)40)36(33(41)44-29)17-25(38)35-24-8-4-6-18-5-2-3-7-23(18)24/h2-16,26-28H,17H2,1H3,(H,35,38)/t26-,27?,28?/m1/s1. The van der Waals surface area contributed by atoms with Crippen LogP contribution in [0.3, 0.4) is 0 Å². The number of anilines is 2. The number of thioether (sulfide) groups is 1. The molecule has 5 aromatic rings. The number of ether oxygens (including phenoxy) is 1. The molecular formula is C33H24ClN3O5S2. The molecule has 3 amide bonds. The van der Waals surface area contributed by atoms with Crippen molar-refractivity contribution in [3.63, 3.8) is 0 Å². The van der Waals surface area contributed by atoms with Gasteiger partial charge in [-0.15, -0.1) is 0 Å². The third-order valence-electron chi connectivity index (χ3n) is 7.97. The number of carbonyl (C=O) groups excluding carboxylic acids is 3. The lowest BCUT2D eigenvalue weighted by Crippen LogP contribution is -2.33. The number of rotatable bonds is 6. The summed E-state index contributed by atoms with van der Waals surface area (Å²) in [4.78, 5) is 56.3. The number of halogens is 1. The molecule has 0 spiro atoms. The normalized spacial score (nSPS) is 19.1. The maximum absolute atomic E-state index is 14.0. The number of thiazole rings is 1. The van der Waals surface area contributed by atoms with Crippen molar-refractivity contribution in [2.75, 3.05) is 17.3 Å². The molecular weight excluding hydrogens is 618 g/mol. The number of methoxy groups -OCH3 is 1. The molecule has 1 fully saturated rings. The minimum absolute atomic E-state index is 0.240. The number of nitrogens with one attached hydrogen (secondary N) is 1. The highest BCUT2D eigenvalue weighted by Crippen LogP contribution is 2.54. The number of benzene rings is 4. The molecule has 220 valence electrons. The molecule has 4 aromatic carbocycles. The Balaban J connectivity index is 1.27. The number of aromatic nitrogens is 1. The van der Waals surface area contributed by atoms with Crippen LogP contribution in [0.1, 0.15) is 16.4 Å². The first-order chi connectivity index (χ1) is 21.3. The van der Waals surface area contributed by atoms with Crippen molar-refractivity contribution in [1.29, 1.82) is 0 Å². The predicted molar refractivity (Wildman–Crippen MR) is 173 cm³/mol. The topological polar surface area (TPSA) is 97.7 Å². The average molecular weight is 642 g/mol. The van der Waals surface area contributed by atoms with Crippen molar-refractivity contribution in [1.82, 2.24) is 4.57 Å². The van der Waals surface area contributed by atoms with Gasteiger partial charge < -0.3 is 10.1 Å². The van der Waals surface area contributed by atoms with Crippen LogP contribution >= 0.6 is 34.7 Å². The SMILES string of the molecule is COc1ccc(N2C(=O)C3Sc4c(sc(=O)n4CC(=O)Nc4cccc5ccccc45)[C@H](c4ccc(Cl)cc4)C3C2=O)cc1. The van der Waals surface area contributed by atoms with Gasteiger partial charge in [0.05, 0.1) is 23.7 Å². The molecule has 0 radical (unpaired) electrons. The number of fused-ring (bicyclic) bond motifs is 3. The number of imide groups is 1. The van der Waals surface area contributed by atoms with Crippen molar-refractivity contribution >= 4 is 74.6 Å². The van der Waals surface area contributed by atoms with E-state index >= 15 is 0 Å². The lowest BCUT2D eigenvalue weighted by atomic mass is 9.83. The molecule has 2 unspecified atom stereocenters. The lowest BCUT2D eigenvalue weighted by molar-refractivity contribution is -0.122. The smallest absolute Gasteiger partial charge is 0.308 e. The molecule has 11 heteroatoms. The lowest BCUT2D eigenvalue weighted by Gasteiger charge is -2.30. The van der Waals surface area contributed by atoms with E-state index in [1.807, 2.05) is 54.6 Å². The Hall–Kier alpha value is -4.38. The van der Waals surface area contributed by atoms with Crippen LogP contribution in [-0.4, -0.2) is 34.6 Å². The van der Waals surface area contributed by atoms with Crippen molar-refractivity contribution in [3.05, 3.63) is 116 Å². The first-order valence-electron chi connectivity index (χ1n) is 13.8. The zero-order valence-corrected chi connectivity index (χ0v) is 25.6. The fourth-order valence-electron chi connectivity index (χ4n) is 5.94. The van der Waals surface area contributed by atoms with Gasteiger partial charge in [-0.3, -0.25) is 23.7 Å². The van der Waals surface area contributed by atoms with Crippen molar-refractivity contribution in [3.8, 4) is 5.75 Å². The first kappa shape index (κ1) is 28.4. The Bertz CT molecular complexity index is 2000. The van der Waals surface area contributed by atoms with E-state index in [1.54, 1.807) is 43.5 Å². The molecule has 0 saturated carbocycles. The van der Waals surface area contributed by atoms with Crippen molar-refractivity contribution < 1.29 is 19.1 Å². The number of amides is 3. The molecule has 1 N–H and O–H groups in total. The highest BCUT2D eigenvalue weighted by molar-refractivity contribution is 8.00. The average Bonchev–Trinajstić information content (AvgIpc) is 3.48. The van der Waals surface area contributed by atoms with Gasteiger partial charge in [-0.05, 0) is 53.4 Å². The fourth-order valence-corrected chi connectivity index (χ4v) is 8.84. The largest absolute Gasteiger partial charge is 0.497 e. The summed E-state index contributed by atoms with van der Waals surface area (Å²) < 4.78 is 6.66. The van der Waals surface area contributed by atoms with Crippen LogP contribution in [0, 0.1) is 5.92 Å². The maximum atomic E-state index is 14.0. The summed E-state index contributed by atoms with van der Waals surface area (Å²) in [6.45, 7) is -0.240. The summed E-state index contributed by atoms with van der Waals surface area (Å²) in [6.07, 6.45) is 0. The van der Waals surface area contributed by atoms with Gasteiger partial charge in [-0.1, -0.05) is 83.2 Å². The van der Waals surface area contributed by atoms with E-state index in [4.69, 9.17) is 16.3 Å². The van der Waals surface area contributed by atoms with Gasteiger partial charge in [0.1, 0.15) is 17.5 Å². The van der Waals surface area contributed by atoms with E-state index in [0.29, 0.717) is 32.1 Å². The molecule has 3 atom stereocenters. The van der Waals surface area contributed by atoms with Crippen LogP contribution in [-0.2, 0) is 20.9 Å². The molecule has 2 aliphatic rings. The molecule has 3 heterocycles. The maximum Gasteiger partial charge on any atom is 0.308 e.